The molecule has 0 bridgehead atoms. The molecule has 4 rings (SSSR count). The highest BCUT2D eigenvalue weighted by Crippen LogP contribution is 2.38. The number of rotatable bonds is 5. The molecule has 1 saturated heterocycles. The SMILES string of the molecule is COc1ccc(NC(=O)c2cccc(N3C(=O)C4CC=CCC4C3=O)c2)c(OC)c1. The van der Waals surface area contributed by atoms with Gasteiger partial charge in [-0.05, 0) is 43.2 Å². The molecule has 2 unspecified atom stereocenters. The van der Waals surface area contributed by atoms with Gasteiger partial charge in [0.15, 0.2) is 0 Å². The van der Waals surface area contributed by atoms with E-state index in [2.05, 4.69) is 5.32 Å². The van der Waals surface area contributed by atoms with Crippen molar-refractivity contribution in [3.05, 3.63) is 60.2 Å². The summed E-state index contributed by atoms with van der Waals surface area (Å²) in [6.45, 7) is 0. The Bertz CT molecular complexity index is 1020. The van der Waals surface area contributed by atoms with Gasteiger partial charge in [0.1, 0.15) is 11.5 Å². The summed E-state index contributed by atoms with van der Waals surface area (Å²) >= 11 is 0. The van der Waals surface area contributed by atoms with Crippen molar-refractivity contribution in [1.29, 1.82) is 0 Å². The van der Waals surface area contributed by atoms with Crippen molar-refractivity contribution < 1.29 is 23.9 Å². The number of ether oxygens (including phenoxy) is 2. The second-order valence-corrected chi connectivity index (χ2v) is 7.24. The first kappa shape index (κ1) is 19.7. The quantitative estimate of drug-likeness (QED) is 0.608. The largest absolute Gasteiger partial charge is 0.497 e. The molecular formula is C23H22N2O5. The topological polar surface area (TPSA) is 84.9 Å². The third-order valence-electron chi connectivity index (χ3n) is 5.53. The lowest BCUT2D eigenvalue weighted by Gasteiger charge is -2.16. The molecule has 30 heavy (non-hydrogen) atoms. The van der Waals surface area contributed by atoms with Crippen molar-refractivity contribution >= 4 is 29.1 Å². The van der Waals surface area contributed by atoms with E-state index in [0.717, 1.165) is 0 Å². The van der Waals surface area contributed by atoms with E-state index in [-0.39, 0.29) is 29.6 Å². The third-order valence-corrected chi connectivity index (χ3v) is 5.53. The van der Waals surface area contributed by atoms with Gasteiger partial charge in [-0.15, -0.1) is 0 Å². The van der Waals surface area contributed by atoms with Crippen LogP contribution in [0.15, 0.2) is 54.6 Å². The predicted molar refractivity (Wildman–Crippen MR) is 112 cm³/mol. The highest BCUT2D eigenvalue weighted by molar-refractivity contribution is 6.22. The molecule has 154 valence electrons. The van der Waals surface area contributed by atoms with Crippen LogP contribution in [0.4, 0.5) is 11.4 Å². The average Bonchev–Trinajstić information content (AvgIpc) is 3.04. The molecule has 0 spiro atoms. The van der Waals surface area contributed by atoms with Gasteiger partial charge in [-0.1, -0.05) is 18.2 Å². The van der Waals surface area contributed by atoms with Crippen LogP contribution >= 0.6 is 0 Å². The van der Waals surface area contributed by atoms with Crippen molar-refractivity contribution in [1.82, 2.24) is 0 Å². The summed E-state index contributed by atoms with van der Waals surface area (Å²) < 4.78 is 10.5. The summed E-state index contributed by atoms with van der Waals surface area (Å²) in [7, 11) is 3.05. The Morgan fingerprint density at radius 1 is 0.967 bits per heavy atom. The second-order valence-electron chi connectivity index (χ2n) is 7.24. The van der Waals surface area contributed by atoms with E-state index in [1.807, 2.05) is 12.2 Å². The third kappa shape index (κ3) is 3.43. The fraction of sp³-hybridized carbons (Fsp3) is 0.261. The lowest BCUT2D eigenvalue weighted by molar-refractivity contribution is -0.122. The van der Waals surface area contributed by atoms with Gasteiger partial charge in [0.25, 0.3) is 5.91 Å². The molecule has 2 aromatic carbocycles. The summed E-state index contributed by atoms with van der Waals surface area (Å²) in [5, 5.41) is 2.80. The Morgan fingerprint density at radius 3 is 2.30 bits per heavy atom. The van der Waals surface area contributed by atoms with Crippen molar-refractivity contribution in [2.24, 2.45) is 11.8 Å². The minimum atomic E-state index is -0.376. The molecule has 1 aliphatic carbocycles. The highest BCUT2D eigenvalue weighted by Gasteiger charge is 2.47. The van der Waals surface area contributed by atoms with E-state index in [1.54, 1.807) is 49.6 Å². The average molecular weight is 406 g/mol. The molecule has 2 aromatic rings. The number of anilines is 2. The first-order valence-corrected chi connectivity index (χ1v) is 9.69. The molecule has 7 nitrogen and oxygen atoms in total. The molecule has 1 fully saturated rings. The van der Waals surface area contributed by atoms with Crippen LogP contribution in [0, 0.1) is 11.8 Å². The van der Waals surface area contributed by atoms with Crippen LogP contribution in [-0.2, 0) is 9.59 Å². The fourth-order valence-corrected chi connectivity index (χ4v) is 3.94. The first-order chi connectivity index (χ1) is 14.5. The molecule has 7 heteroatoms. The Balaban J connectivity index is 1.57. The number of nitrogens with zero attached hydrogens (tertiary/aromatic N) is 1. The number of nitrogens with one attached hydrogen (secondary N) is 1. The summed E-state index contributed by atoms with van der Waals surface area (Å²) in [4.78, 5) is 39.7. The monoisotopic (exact) mass is 406 g/mol. The first-order valence-electron chi connectivity index (χ1n) is 9.69. The molecule has 0 saturated carbocycles. The maximum absolute atomic E-state index is 12.8. The van der Waals surface area contributed by atoms with Crippen LogP contribution < -0.4 is 19.7 Å². The number of hydrogen-bond acceptors (Lipinski definition) is 5. The molecular weight excluding hydrogens is 384 g/mol. The molecule has 1 aliphatic heterocycles. The zero-order chi connectivity index (χ0) is 21.3. The van der Waals surface area contributed by atoms with E-state index in [4.69, 9.17) is 9.47 Å². The van der Waals surface area contributed by atoms with Crippen molar-refractivity contribution in [2.45, 2.75) is 12.8 Å². The van der Waals surface area contributed by atoms with Crippen LogP contribution in [0.2, 0.25) is 0 Å². The Morgan fingerprint density at radius 2 is 1.67 bits per heavy atom. The zero-order valence-corrected chi connectivity index (χ0v) is 16.8. The standard InChI is InChI=1S/C23H22N2O5/c1-29-16-10-11-19(20(13-16)30-2)24-21(26)14-6-5-7-15(12-14)25-22(27)17-8-3-4-9-18(17)23(25)28/h3-7,10-13,17-18H,8-9H2,1-2H3,(H,24,26). The van der Waals surface area contributed by atoms with Gasteiger partial charge >= 0.3 is 0 Å². The zero-order valence-electron chi connectivity index (χ0n) is 16.8. The number of carbonyl (C=O) groups excluding carboxylic acids is 3. The Kier molecular flexibility index (Phi) is 5.27. The van der Waals surface area contributed by atoms with Gasteiger partial charge in [0, 0.05) is 11.6 Å². The molecule has 0 radical (unpaired) electrons. The lowest BCUT2D eigenvalue weighted by atomic mass is 9.85. The maximum Gasteiger partial charge on any atom is 0.255 e. The summed E-state index contributed by atoms with van der Waals surface area (Å²) in [6, 6.07) is 11.6. The molecule has 3 amide bonds. The van der Waals surface area contributed by atoms with Gasteiger partial charge in [-0.25, -0.2) is 0 Å². The maximum atomic E-state index is 12.8. The second kappa shape index (κ2) is 8.02. The van der Waals surface area contributed by atoms with Crippen LogP contribution in [0.3, 0.4) is 0 Å². The van der Waals surface area contributed by atoms with Crippen LogP contribution in [0.1, 0.15) is 23.2 Å². The van der Waals surface area contributed by atoms with Crippen molar-refractivity contribution in [3.8, 4) is 11.5 Å². The van der Waals surface area contributed by atoms with Gasteiger partial charge in [-0.3, -0.25) is 19.3 Å². The van der Waals surface area contributed by atoms with E-state index in [1.165, 1.54) is 12.0 Å². The Hall–Kier alpha value is -3.61. The summed E-state index contributed by atoms with van der Waals surface area (Å²) in [6.07, 6.45) is 5.04. The lowest BCUT2D eigenvalue weighted by Crippen LogP contribution is -2.31. The van der Waals surface area contributed by atoms with Gasteiger partial charge < -0.3 is 14.8 Å². The smallest absolute Gasteiger partial charge is 0.255 e. The van der Waals surface area contributed by atoms with Gasteiger partial charge in [0.2, 0.25) is 11.8 Å². The number of imide groups is 1. The molecule has 1 heterocycles. The summed E-state index contributed by atoms with van der Waals surface area (Å²) in [5.41, 5.74) is 1.23. The van der Waals surface area contributed by atoms with Gasteiger partial charge in [-0.2, -0.15) is 0 Å². The molecule has 1 N–H and O–H groups in total. The number of hydrogen-bond donors (Lipinski definition) is 1. The van der Waals surface area contributed by atoms with E-state index in [0.29, 0.717) is 41.3 Å². The van der Waals surface area contributed by atoms with E-state index >= 15 is 0 Å². The molecule has 0 aromatic heterocycles. The minimum Gasteiger partial charge on any atom is -0.497 e. The predicted octanol–water partition coefficient (Wildman–Crippen LogP) is 3.41. The highest BCUT2D eigenvalue weighted by atomic mass is 16.5. The van der Waals surface area contributed by atoms with Crippen molar-refractivity contribution in [2.75, 3.05) is 24.4 Å². The number of fused-ring (bicyclic) bond motifs is 1. The van der Waals surface area contributed by atoms with Crippen LogP contribution in [0.25, 0.3) is 0 Å². The Labute approximate surface area is 174 Å². The number of allylic oxidation sites excluding steroid dienone is 2. The van der Waals surface area contributed by atoms with E-state index in [9.17, 15) is 14.4 Å². The number of carbonyl (C=O) groups is 3. The van der Waals surface area contributed by atoms with Gasteiger partial charge in [0.05, 0.1) is 37.4 Å². The normalized spacial score (nSPS) is 20.1. The fourth-order valence-electron chi connectivity index (χ4n) is 3.94. The summed E-state index contributed by atoms with van der Waals surface area (Å²) in [5.74, 6) is -0.354. The van der Waals surface area contributed by atoms with E-state index < -0.39 is 0 Å². The van der Waals surface area contributed by atoms with Crippen LogP contribution in [-0.4, -0.2) is 31.9 Å². The number of methoxy groups -OCH3 is 2. The molecule has 2 aliphatic rings. The minimum absolute atomic E-state index is 0.205. The number of benzene rings is 2. The van der Waals surface area contributed by atoms with Crippen LogP contribution in [0.5, 0.6) is 11.5 Å². The molecule has 2 atom stereocenters. The van der Waals surface area contributed by atoms with Crippen molar-refractivity contribution in [3.63, 3.8) is 0 Å². The number of amides is 3.